The Labute approximate surface area is 120 Å². The normalized spacial score (nSPS) is 18.0. The molecule has 1 N–H and O–H groups in total. The number of nitrogens with zero attached hydrogens (tertiary/aromatic N) is 2. The SMILES string of the molecule is CCN(CC)c1ncccc1C(=O)NC[C@H]1CCCO1. The maximum Gasteiger partial charge on any atom is 0.255 e. The summed E-state index contributed by atoms with van der Waals surface area (Å²) < 4.78 is 5.52. The molecule has 2 rings (SSSR count). The molecule has 1 aliphatic rings. The van der Waals surface area contributed by atoms with Gasteiger partial charge >= 0.3 is 0 Å². The van der Waals surface area contributed by atoms with Gasteiger partial charge in [-0.05, 0) is 38.8 Å². The van der Waals surface area contributed by atoms with Crippen molar-refractivity contribution in [3.63, 3.8) is 0 Å². The highest BCUT2D eigenvalue weighted by Crippen LogP contribution is 2.17. The van der Waals surface area contributed by atoms with Crippen LogP contribution in [0, 0.1) is 0 Å². The van der Waals surface area contributed by atoms with Gasteiger partial charge < -0.3 is 15.0 Å². The van der Waals surface area contributed by atoms with Crippen LogP contribution in [0.3, 0.4) is 0 Å². The number of aromatic nitrogens is 1. The smallest absolute Gasteiger partial charge is 0.255 e. The number of pyridine rings is 1. The predicted octanol–water partition coefficient (Wildman–Crippen LogP) is 1.84. The summed E-state index contributed by atoms with van der Waals surface area (Å²) in [5.74, 6) is 0.679. The molecule has 1 fully saturated rings. The third-order valence-electron chi connectivity index (χ3n) is 3.61. The molecular formula is C15H23N3O2. The van der Waals surface area contributed by atoms with E-state index < -0.39 is 0 Å². The van der Waals surface area contributed by atoms with E-state index in [9.17, 15) is 4.79 Å². The van der Waals surface area contributed by atoms with Crippen LogP contribution in [0.1, 0.15) is 37.0 Å². The first-order chi connectivity index (χ1) is 9.76. The first-order valence-corrected chi connectivity index (χ1v) is 7.36. The van der Waals surface area contributed by atoms with E-state index in [0.717, 1.165) is 38.4 Å². The summed E-state index contributed by atoms with van der Waals surface area (Å²) in [7, 11) is 0. The highest BCUT2D eigenvalue weighted by atomic mass is 16.5. The first-order valence-electron chi connectivity index (χ1n) is 7.36. The van der Waals surface area contributed by atoms with E-state index in [4.69, 9.17) is 4.74 Å². The number of nitrogens with one attached hydrogen (secondary N) is 1. The van der Waals surface area contributed by atoms with Gasteiger partial charge in [-0.15, -0.1) is 0 Å². The van der Waals surface area contributed by atoms with E-state index >= 15 is 0 Å². The van der Waals surface area contributed by atoms with Crippen LogP contribution in [0.15, 0.2) is 18.3 Å². The Kier molecular flexibility index (Phi) is 5.35. The number of carbonyl (C=O) groups excluding carboxylic acids is 1. The van der Waals surface area contributed by atoms with E-state index in [1.54, 1.807) is 12.3 Å². The maximum atomic E-state index is 12.3. The number of hydrogen-bond donors (Lipinski definition) is 1. The molecule has 5 heteroatoms. The zero-order valence-electron chi connectivity index (χ0n) is 12.3. The fraction of sp³-hybridized carbons (Fsp3) is 0.600. The molecule has 20 heavy (non-hydrogen) atoms. The topological polar surface area (TPSA) is 54.5 Å². The van der Waals surface area contributed by atoms with Crippen molar-refractivity contribution < 1.29 is 9.53 Å². The molecule has 1 aliphatic heterocycles. The van der Waals surface area contributed by atoms with Crippen LogP contribution in [0.2, 0.25) is 0 Å². The molecule has 0 aromatic carbocycles. The maximum absolute atomic E-state index is 12.3. The highest BCUT2D eigenvalue weighted by molar-refractivity contribution is 5.98. The van der Waals surface area contributed by atoms with E-state index in [1.165, 1.54) is 0 Å². The lowest BCUT2D eigenvalue weighted by atomic mass is 10.2. The Morgan fingerprint density at radius 3 is 2.95 bits per heavy atom. The summed E-state index contributed by atoms with van der Waals surface area (Å²) in [5.41, 5.74) is 0.634. The molecule has 0 saturated carbocycles. The molecule has 0 aliphatic carbocycles. The van der Waals surface area contributed by atoms with Crippen LogP contribution in [-0.2, 0) is 4.74 Å². The van der Waals surface area contributed by atoms with Crippen molar-refractivity contribution in [1.29, 1.82) is 0 Å². The van der Waals surface area contributed by atoms with Crippen LogP contribution >= 0.6 is 0 Å². The van der Waals surface area contributed by atoms with Gasteiger partial charge in [-0.1, -0.05) is 0 Å². The monoisotopic (exact) mass is 277 g/mol. The van der Waals surface area contributed by atoms with E-state index in [0.29, 0.717) is 12.1 Å². The molecule has 1 aromatic heterocycles. The van der Waals surface area contributed by atoms with Crippen LogP contribution in [0.5, 0.6) is 0 Å². The lowest BCUT2D eigenvalue weighted by Gasteiger charge is -2.22. The Hall–Kier alpha value is -1.62. The number of hydrogen-bond acceptors (Lipinski definition) is 4. The van der Waals surface area contributed by atoms with Gasteiger partial charge in [0, 0.05) is 32.4 Å². The van der Waals surface area contributed by atoms with Crippen molar-refractivity contribution in [1.82, 2.24) is 10.3 Å². The number of rotatable bonds is 6. The molecule has 0 unspecified atom stereocenters. The number of carbonyl (C=O) groups is 1. The number of ether oxygens (including phenoxy) is 1. The minimum atomic E-state index is -0.0736. The third kappa shape index (κ3) is 3.48. The summed E-state index contributed by atoms with van der Waals surface area (Å²) in [4.78, 5) is 18.8. The van der Waals surface area contributed by atoms with Gasteiger partial charge in [-0.3, -0.25) is 4.79 Å². The molecule has 1 aromatic rings. The molecule has 0 spiro atoms. The summed E-state index contributed by atoms with van der Waals surface area (Å²) in [6.45, 7) is 7.17. The molecular weight excluding hydrogens is 254 g/mol. The van der Waals surface area contributed by atoms with Gasteiger partial charge in [-0.25, -0.2) is 4.98 Å². The van der Waals surface area contributed by atoms with E-state index in [-0.39, 0.29) is 12.0 Å². The first kappa shape index (κ1) is 14.8. The Bertz CT molecular complexity index is 440. The lowest BCUT2D eigenvalue weighted by molar-refractivity contribution is 0.0858. The Morgan fingerprint density at radius 1 is 1.50 bits per heavy atom. The van der Waals surface area contributed by atoms with Gasteiger partial charge in [0.2, 0.25) is 0 Å². The van der Waals surface area contributed by atoms with Crippen molar-refractivity contribution in [2.24, 2.45) is 0 Å². The second kappa shape index (κ2) is 7.24. The molecule has 2 heterocycles. The van der Waals surface area contributed by atoms with E-state index in [2.05, 4.69) is 29.0 Å². The standard InChI is InChI=1S/C15H23N3O2/c1-3-18(4-2)14-13(8-5-9-16-14)15(19)17-11-12-7-6-10-20-12/h5,8-9,12H,3-4,6-7,10-11H2,1-2H3,(H,17,19)/t12-/m1/s1. The van der Waals surface area contributed by atoms with Crippen LogP contribution < -0.4 is 10.2 Å². The molecule has 110 valence electrons. The summed E-state index contributed by atoms with van der Waals surface area (Å²) in [6.07, 6.45) is 3.99. The van der Waals surface area contributed by atoms with Crippen molar-refractivity contribution >= 4 is 11.7 Å². The average molecular weight is 277 g/mol. The van der Waals surface area contributed by atoms with Gasteiger partial charge in [0.25, 0.3) is 5.91 Å². The Balaban J connectivity index is 2.04. The number of anilines is 1. The van der Waals surface area contributed by atoms with Crippen molar-refractivity contribution in [3.05, 3.63) is 23.9 Å². The zero-order valence-corrected chi connectivity index (χ0v) is 12.3. The quantitative estimate of drug-likeness (QED) is 0.862. The van der Waals surface area contributed by atoms with Gasteiger partial charge in [0.05, 0.1) is 11.7 Å². The molecule has 0 bridgehead atoms. The summed E-state index contributed by atoms with van der Waals surface area (Å²) in [5, 5.41) is 2.95. The molecule has 5 nitrogen and oxygen atoms in total. The molecule has 0 radical (unpaired) electrons. The third-order valence-corrected chi connectivity index (χ3v) is 3.61. The minimum absolute atomic E-state index is 0.0736. The lowest BCUT2D eigenvalue weighted by Crippen LogP contribution is -2.34. The highest BCUT2D eigenvalue weighted by Gasteiger charge is 2.19. The molecule has 1 saturated heterocycles. The van der Waals surface area contributed by atoms with E-state index in [1.807, 2.05) is 6.07 Å². The average Bonchev–Trinajstić information content (AvgIpc) is 3.00. The summed E-state index contributed by atoms with van der Waals surface area (Å²) in [6, 6.07) is 3.62. The van der Waals surface area contributed by atoms with Gasteiger partial charge in [-0.2, -0.15) is 0 Å². The number of amides is 1. The largest absolute Gasteiger partial charge is 0.376 e. The van der Waals surface area contributed by atoms with Crippen molar-refractivity contribution in [2.75, 3.05) is 31.1 Å². The fourth-order valence-corrected chi connectivity index (χ4v) is 2.46. The second-order valence-corrected chi connectivity index (χ2v) is 4.89. The minimum Gasteiger partial charge on any atom is -0.376 e. The second-order valence-electron chi connectivity index (χ2n) is 4.89. The predicted molar refractivity (Wildman–Crippen MR) is 79.1 cm³/mol. The molecule has 1 atom stereocenters. The Morgan fingerprint density at radius 2 is 2.30 bits per heavy atom. The van der Waals surface area contributed by atoms with Crippen molar-refractivity contribution in [3.8, 4) is 0 Å². The zero-order chi connectivity index (χ0) is 14.4. The van der Waals surface area contributed by atoms with Crippen LogP contribution in [0.4, 0.5) is 5.82 Å². The van der Waals surface area contributed by atoms with Crippen LogP contribution in [-0.4, -0.2) is 43.2 Å². The van der Waals surface area contributed by atoms with Crippen LogP contribution in [0.25, 0.3) is 0 Å². The van der Waals surface area contributed by atoms with Gasteiger partial charge in [0.1, 0.15) is 5.82 Å². The summed E-state index contributed by atoms with van der Waals surface area (Å²) >= 11 is 0. The fourth-order valence-electron chi connectivity index (χ4n) is 2.46. The molecule has 1 amide bonds. The van der Waals surface area contributed by atoms with Crippen molar-refractivity contribution in [2.45, 2.75) is 32.8 Å². The van der Waals surface area contributed by atoms with Gasteiger partial charge in [0.15, 0.2) is 0 Å².